The highest BCUT2D eigenvalue weighted by molar-refractivity contribution is 5.75. The van der Waals surface area contributed by atoms with Crippen molar-refractivity contribution in [3.05, 3.63) is 0 Å². The van der Waals surface area contributed by atoms with Crippen LogP contribution >= 0.6 is 0 Å². The number of ether oxygens (including phenoxy) is 1. The van der Waals surface area contributed by atoms with Crippen LogP contribution in [0, 0.1) is 22.7 Å². The summed E-state index contributed by atoms with van der Waals surface area (Å²) in [6.45, 7) is 10.7. The third-order valence-corrected chi connectivity index (χ3v) is 4.64. The molecule has 1 aliphatic rings. The number of halogens is 3. The molecular weight excluding hydrogens is 305 g/mol. The molecule has 0 saturated heterocycles. The van der Waals surface area contributed by atoms with Crippen molar-refractivity contribution < 1.29 is 22.7 Å². The third kappa shape index (κ3) is 8.07. The molecule has 2 atom stereocenters. The molecule has 1 aliphatic carbocycles. The largest absolute Gasteiger partial charge is 0.490 e. The van der Waals surface area contributed by atoms with Crippen molar-refractivity contribution in [2.24, 2.45) is 22.7 Å². The first-order valence-electron chi connectivity index (χ1n) is 8.52. The molecule has 0 aromatic heterocycles. The number of carbonyl (C=O) groups is 1. The van der Waals surface area contributed by atoms with Crippen LogP contribution in [-0.2, 0) is 9.53 Å². The summed E-state index contributed by atoms with van der Waals surface area (Å²) in [5, 5.41) is 0. The van der Waals surface area contributed by atoms with E-state index >= 15 is 0 Å². The van der Waals surface area contributed by atoms with Gasteiger partial charge in [0.1, 0.15) is 0 Å². The summed E-state index contributed by atoms with van der Waals surface area (Å²) in [5.41, 5.74) is 0.244. The summed E-state index contributed by atoms with van der Waals surface area (Å²) in [6.07, 6.45) is 1.45. The Labute approximate surface area is 138 Å². The second kappa shape index (κ2) is 7.43. The molecule has 5 heteroatoms. The van der Waals surface area contributed by atoms with E-state index in [0.717, 1.165) is 12.3 Å². The van der Waals surface area contributed by atoms with Gasteiger partial charge in [-0.05, 0) is 48.3 Å². The molecule has 2 unspecified atom stereocenters. The van der Waals surface area contributed by atoms with Gasteiger partial charge in [0.25, 0.3) is 0 Å². The maximum absolute atomic E-state index is 12.1. The van der Waals surface area contributed by atoms with Crippen molar-refractivity contribution in [2.75, 3.05) is 6.61 Å². The smallest absolute Gasteiger partial charge is 0.459 e. The van der Waals surface area contributed by atoms with Gasteiger partial charge in [-0.2, -0.15) is 13.2 Å². The number of hydrogen-bond donors (Lipinski definition) is 0. The zero-order chi connectivity index (χ0) is 17.9. The molecule has 23 heavy (non-hydrogen) atoms. The zero-order valence-electron chi connectivity index (χ0n) is 15.1. The van der Waals surface area contributed by atoms with Crippen LogP contribution in [0.25, 0.3) is 0 Å². The fourth-order valence-electron chi connectivity index (χ4n) is 3.80. The molecule has 0 bridgehead atoms. The summed E-state index contributed by atoms with van der Waals surface area (Å²) in [6, 6.07) is 0. The van der Waals surface area contributed by atoms with Crippen LogP contribution in [0.4, 0.5) is 13.2 Å². The predicted molar refractivity (Wildman–Crippen MR) is 84.9 cm³/mol. The average Bonchev–Trinajstić information content (AvgIpc) is 2.71. The molecule has 0 heterocycles. The van der Waals surface area contributed by atoms with E-state index in [4.69, 9.17) is 0 Å². The van der Waals surface area contributed by atoms with Gasteiger partial charge in [0.15, 0.2) is 0 Å². The second-order valence-electron chi connectivity index (χ2n) is 9.06. The van der Waals surface area contributed by atoms with Crippen LogP contribution in [0.3, 0.4) is 0 Å². The van der Waals surface area contributed by atoms with E-state index in [1.54, 1.807) is 0 Å². The molecule has 0 N–H and O–H groups in total. The number of esters is 1. The summed E-state index contributed by atoms with van der Waals surface area (Å²) in [7, 11) is 0. The first kappa shape index (κ1) is 20.3. The number of rotatable bonds is 6. The molecule has 0 aliphatic heterocycles. The van der Waals surface area contributed by atoms with Gasteiger partial charge in [-0.15, -0.1) is 0 Å². The summed E-state index contributed by atoms with van der Waals surface area (Å²) in [5.74, 6) is -0.686. The van der Waals surface area contributed by atoms with E-state index < -0.39 is 12.1 Å². The van der Waals surface area contributed by atoms with E-state index in [1.807, 2.05) is 13.8 Å². The first-order chi connectivity index (χ1) is 10.3. The van der Waals surface area contributed by atoms with Gasteiger partial charge < -0.3 is 4.74 Å². The number of carbonyl (C=O) groups excluding carboxylic acids is 1. The van der Waals surface area contributed by atoms with Crippen molar-refractivity contribution in [3.8, 4) is 0 Å². The van der Waals surface area contributed by atoms with E-state index in [9.17, 15) is 18.0 Å². The summed E-state index contributed by atoms with van der Waals surface area (Å²) < 4.78 is 40.6. The molecule has 0 aromatic carbocycles. The molecular formula is C18H31F3O2. The highest BCUT2D eigenvalue weighted by Crippen LogP contribution is 2.43. The predicted octanol–water partition coefficient (Wildman–Crippen LogP) is 5.75. The van der Waals surface area contributed by atoms with Crippen LogP contribution in [-0.4, -0.2) is 18.8 Å². The third-order valence-electron chi connectivity index (χ3n) is 4.64. The molecule has 0 radical (unpaired) electrons. The van der Waals surface area contributed by atoms with Gasteiger partial charge in [0.2, 0.25) is 0 Å². The van der Waals surface area contributed by atoms with Crippen LogP contribution in [0.2, 0.25) is 0 Å². The van der Waals surface area contributed by atoms with Crippen LogP contribution in [0.15, 0.2) is 0 Å². The van der Waals surface area contributed by atoms with Crippen molar-refractivity contribution >= 4 is 5.97 Å². The van der Waals surface area contributed by atoms with Gasteiger partial charge in [0, 0.05) is 0 Å². The van der Waals surface area contributed by atoms with Crippen molar-refractivity contribution in [2.45, 2.75) is 79.3 Å². The topological polar surface area (TPSA) is 26.3 Å². The second-order valence-corrected chi connectivity index (χ2v) is 9.06. The lowest BCUT2D eigenvalue weighted by molar-refractivity contribution is -0.200. The lowest BCUT2D eigenvalue weighted by Gasteiger charge is -2.28. The minimum Gasteiger partial charge on any atom is -0.459 e. The average molecular weight is 336 g/mol. The maximum atomic E-state index is 12.1. The number of hydrogen-bond acceptors (Lipinski definition) is 2. The highest BCUT2D eigenvalue weighted by atomic mass is 19.4. The molecule has 1 fully saturated rings. The Hall–Kier alpha value is -0.740. The monoisotopic (exact) mass is 336 g/mol. The zero-order valence-corrected chi connectivity index (χ0v) is 15.1. The minimum absolute atomic E-state index is 0.104. The Morgan fingerprint density at radius 3 is 2.00 bits per heavy atom. The molecule has 0 aromatic rings. The SMILES string of the molecule is CC(C)(C)CC1CCC(CC(C)(C)CCOC(=O)C(F)(F)F)C1. The first-order valence-corrected chi connectivity index (χ1v) is 8.52. The summed E-state index contributed by atoms with van der Waals surface area (Å²) in [4.78, 5) is 10.7. The van der Waals surface area contributed by atoms with E-state index in [1.165, 1.54) is 25.7 Å². The van der Waals surface area contributed by atoms with Crippen molar-refractivity contribution in [1.82, 2.24) is 0 Å². The highest BCUT2D eigenvalue weighted by Gasteiger charge is 2.41. The normalized spacial score (nSPS) is 23.1. The quantitative estimate of drug-likeness (QED) is 0.577. The molecule has 1 rings (SSSR count). The molecule has 0 amide bonds. The van der Waals surface area contributed by atoms with Crippen LogP contribution in [0.5, 0.6) is 0 Å². The Kier molecular flexibility index (Phi) is 6.56. The Morgan fingerprint density at radius 1 is 1.00 bits per heavy atom. The molecule has 2 nitrogen and oxygen atoms in total. The van der Waals surface area contributed by atoms with Crippen molar-refractivity contribution in [1.29, 1.82) is 0 Å². The molecule has 1 saturated carbocycles. The molecule has 0 spiro atoms. The van der Waals surface area contributed by atoms with Gasteiger partial charge in [-0.25, -0.2) is 4.79 Å². The van der Waals surface area contributed by atoms with E-state index in [0.29, 0.717) is 17.8 Å². The standard InChI is InChI=1S/C18H31F3O2/c1-16(2,3)11-13-6-7-14(10-13)12-17(4,5)8-9-23-15(22)18(19,20)21/h13-14H,6-12H2,1-5H3. The van der Waals surface area contributed by atoms with Crippen LogP contribution < -0.4 is 0 Å². The fourth-order valence-corrected chi connectivity index (χ4v) is 3.80. The Bertz CT molecular complexity index is 394. The Morgan fingerprint density at radius 2 is 1.52 bits per heavy atom. The van der Waals surface area contributed by atoms with E-state index in [2.05, 4.69) is 25.5 Å². The van der Waals surface area contributed by atoms with Gasteiger partial charge >= 0.3 is 12.1 Å². The maximum Gasteiger partial charge on any atom is 0.490 e. The van der Waals surface area contributed by atoms with Gasteiger partial charge in [-0.3, -0.25) is 0 Å². The number of alkyl halides is 3. The lowest BCUT2D eigenvalue weighted by Crippen LogP contribution is -2.27. The van der Waals surface area contributed by atoms with Gasteiger partial charge in [0.05, 0.1) is 6.61 Å². The molecule has 136 valence electrons. The fraction of sp³-hybridized carbons (Fsp3) is 0.944. The van der Waals surface area contributed by atoms with Crippen LogP contribution in [0.1, 0.15) is 73.1 Å². The summed E-state index contributed by atoms with van der Waals surface area (Å²) >= 11 is 0. The van der Waals surface area contributed by atoms with Gasteiger partial charge in [-0.1, -0.05) is 47.5 Å². The Balaban J connectivity index is 2.34. The minimum atomic E-state index is -4.89. The lowest BCUT2D eigenvalue weighted by atomic mass is 9.78. The van der Waals surface area contributed by atoms with E-state index in [-0.39, 0.29) is 12.0 Å². The van der Waals surface area contributed by atoms with Crippen molar-refractivity contribution in [3.63, 3.8) is 0 Å².